The number of para-hydroxylation sites is 1. The zero-order valence-corrected chi connectivity index (χ0v) is 12.1. The molecule has 1 heterocycles. The van der Waals surface area contributed by atoms with Gasteiger partial charge in [-0.1, -0.05) is 32.0 Å². The maximum Gasteiger partial charge on any atom is 0.339 e. The van der Waals surface area contributed by atoms with Crippen LogP contribution in [0.5, 0.6) is 0 Å². The van der Waals surface area contributed by atoms with Crippen molar-refractivity contribution in [1.82, 2.24) is 4.98 Å². The Morgan fingerprint density at radius 3 is 2.65 bits per heavy atom. The number of carboxylic acid groups (broad SMARTS) is 1. The van der Waals surface area contributed by atoms with Crippen LogP contribution in [0.3, 0.4) is 0 Å². The summed E-state index contributed by atoms with van der Waals surface area (Å²) in [6.45, 7) is 6.38. The van der Waals surface area contributed by atoms with Crippen LogP contribution < -0.4 is 5.32 Å². The number of hydrogen-bond donors (Lipinski definition) is 2. The van der Waals surface area contributed by atoms with Gasteiger partial charge in [0.2, 0.25) is 0 Å². The lowest BCUT2D eigenvalue weighted by Crippen LogP contribution is -2.19. The maximum absolute atomic E-state index is 11.4. The first kappa shape index (κ1) is 14.3. The van der Waals surface area contributed by atoms with Gasteiger partial charge < -0.3 is 10.4 Å². The van der Waals surface area contributed by atoms with E-state index in [1.165, 1.54) is 6.20 Å². The summed E-state index contributed by atoms with van der Waals surface area (Å²) < 4.78 is 0. The highest BCUT2D eigenvalue weighted by molar-refractivity contribution is 6.04. The Bertz CT molecular complexity index is 623. The number of rotatable bonds is 5. The van der Waals surface area contributed by atoms with Crippen LogP contribution in [0.4, 0.5) is 5.69 Å². The van der Waals surface area contributed by atoms with Crippen LogP contribution in [0.2, 0.25) is 0 Å². The monoisotopic (exact) mass is 272 g/mol. The molecule has 0 aliphatic carbocycles. The average Bonchev–Trinajstić information content (AvgIpc) is 2.37. The number of hydrogen-bond acceptors (Lipinski definition) is 3. The van der Waals surface area contributed by atoms with Crippen molar-refractivity contribution in [3.8, 4) is 0 Å². The highest BCUT2D eigenvalue weighted by Gasteiger charge is 2.16. The molecule has 2 aromatic rings. The Balaban J connectivity index is 2.47. The number of pyridine rings is 1. The normalized spacial score (nSPS) is 12.6. The van der Waals surface area contributed by atoms with Crippen LogP contribution in [0.1, 0.15) is 37.6 Å². The molecule has 2 rings (SSSR count). The summed E-state index contributed by atoms with van der Waals surface area (Å²) in [5, 5.41) is 13.5. The number of aromatic nitrogens is 1. The second-order valence-corrected chi connectivity index (χ2v) is 5.54. The van der Waals surface area contributed by atoms with Gasteiger partial charge in [0, 0.05) is 17.6 Å². The van der Waals surface area contributed by atoms with Gasteiger partial charge in [-0.05, 0) is 25.3 Å². The smallest absolute Gasteiger partial charge is 0.339 e. The first-order valence-corrected chi connectivity index (χ1v) is 6.86. The largest absolute Gasteiger partial charge is 0.478 e. The highest BCUT2D eigenvalue weighted by atomic mass is 16.4. The van der Waals surface area contributed by atoms with Gasteiger partial charge in [0.05, 0.1) is 11.2 Å². The molecule has 0 saturated carbocycles. The molecular formula is C16H20N2O2. The molecule has 0 aliphatic rings. The molecular weight excluding hydrogens is 252 g/mol. The van der Waals surface area contributed by atoms with Crippen LogP contribution in [0.25, 0.3) is 10.9 Å². The molecule has 0 saturated heterocycles. The van der Waals surface area contributed by atoms with E-state index in [1.54, 1.807) is 0 Å². The minimum Gasteiger partial charge on any atom is -0.478 e. The molecule has 0 fully saturated rings. The fourth-order valence-electron chi connectivity index (χ4n) is 2.47. The van der Waals surface area contributed by atoms with Crippen LogP contribution >= 0.6 is 0 Å². The van der Waals surface area contributed by atoms with E-state index in [9.17, 15) is 9.90 Å². The number of carbonyl (C=O) groups is 1. The van der Waals surface area contributed by atoms with E-state index in [4.69, 9.17) is 0 Å². The number of benzene rings is 1. The van der Waals surface area contributed by atoms with Gasteiger partial charge >= 0.3 is 5.97 Å². The zero-order chi connectivity index (χ0) is 14.7. The summed E-state index contributed by atoms with van der Waals surface area (Å²) in [7, 11) is 0. The average molecular weight is 272 g/mol. The lowest BCUT2D eigenvalue weighted by atomic mass is 10.0. The third kappa shape index (κ3) is 3.07. The van der Waals surface area contributed by atoms with Gasteiger partial charge in [-0.3, -0.25) is 4.98 Å². The molecule has 4 heteroatoms. The van der Waals surface area contributed by atoms with Crippen molar-refractivity contribution in [1.29, 1.82) is 0 Å². The van der Waals surface area contributed by atoms with E-state index >= 15 is 0 Å². The predicted molar refractivity (Wildman–Crippen MR) is 81.2 cm³/mol. The molecule has 1 atom stereocenters. The van der Waals surface area contributed by atoms with E-state index in [-0.39, 0.29) is 11.6 Å². The van der Waals surface area contributed by atoms with Gasteiger partial charge in [-0.25, -0.2) is 4.79 Å². The molecule has 20 heavy (non-hydrogen) atoms. The molecule has 2 N–H and O–H groups in total. The number of fused-ring (bicyclic) bond motifs is 1. The lowest BCUT2D eigenvalue weighted by Gasteiger charge is -2.20. The van der Waals surface area contributed by atoms with Gasteiger partial charge in [-0.2, -0.15) is 0 Å². The predicted octanol–water partition coefficient (Wildman–Crippen LogP) is 3.78. The fourth-order valence-corrected chi connectivity index (χ4v) is 2.47. The van der Waals surface area contributed by atoms with Crippen molar-refractivity contribution < 1.29 is 9.90 Å². The molecule has 0 aliphatic heterocycles. The summed E-state index contributed by atoms with van der Waals surface area (Å²) >= 11 is 0. The Morgan fingerprint density at radius 2 is 2.00 bits per heavy atom. The lowest BCUT2D eigenvalue weighted by molar-refractivity contribution is 0.0697. The number of nitrogens with one attached hydrogen (secondary N) is 1. The Kier molecular flexibility index (Phi) is 4.23. The SMILES string of the molecule is CC(C)CC(C)Nc1c(C(=O)O)cnc2ccccc12. The van der Waals surface area contributed by atoms with E-state index in [1.807, 2.05) is 24.3 Å². The van der Waals surface area contributed by atoms with Crippen LogP contribution in [0.15, 0.2) is 30.5 Å². The standard InChI is InChI=1S/C16H20N2O2/c1-10(2)8-11(3)18-15-12-6-4-5-7-14(12)17-9-13(15)16(19)20/h4-7,9-11H,8H2,1-3H3,(H,17,18)(H,19,20). The summed E-state index contributed by atoms with van der Waals surface area (Å²) in [5.74, 6) is -0.402. The third-order valence-electron chi connectivity index (χ3n) is 3.22. The van der Waals surface area contributed by atoms with Gasteiger partial charge in [0.15, 0.2) is 0 Å². The first-order chi connectivity index (χ1) is 9.49. The molecule has 106 valence electrons. The topological polar surface area (TPSA) is 62.2 Å². The number of aromatic carboxylic acids is 1. The zero-order valence-electron chi connectivity index (χ0n) is 12.1. The molecule has 0 amide bonds. The summed E-state index contributed by atoms with van der Waals surface area (Å²) in [4.78, 5) is 15.6. The van der Waals surface area contributed by atoms with E-state index in [0.29, 0.717) is 11.6 Å². The number of anilines is 1. The number of carboxylic acids is 1. The quantitative estimate of drug-likeness (QED) is 0.869. The van der Waals surface area contributed by atoms with Crippen molar-refractivity contribution in [2.45, 2.75) is 33.2 Å². The van der Waals surface area contributed by atoms with E-state index in [0.717, 1.165) is 17.3 Å². The highest BCUT2D eigenvalue weighted by Crippen LogP contribution is 2.27. The molecule has 0 spiro atoms. The first-order valence-electron chi connectivity index (χ1n) is 6.86. The molecule has 1 unspecified atom stereocenters. The number of nitrogens with zero attached hydrogens (tertiary/aromatic N) is 1. The maximum atomic E-state index is 11.4. The van der Waals surface area contributed by atoms with Crippen LogP contribution in [-0.2, 0) is 0 Å². The van der Waals surface area contributed by atoms with Crippen molar-refractivity contribution in [3.05, 3.63) is 36.0 Å². The van der Waals surface area contributed by atoms with Crippen LogP contribution in [-0.4, -0.2) is 22.1 Å². The van der Waals surface area contributed by atoms with Crippen molar-refractivity contribution in [2.75, 3.05) is 5.32 Å². The summed E-state index contributed by atoms with van der Waals surface area (Å²) in [6, 6.07) is 7.79. The van der Waals surface area contributed by atoms with E-state index < -0.39 is 5.97 Å². The molecule has 4 nitrogen and oxygen atoms in total. The van der Waals surface area contributed by atoms with Gasteiger partial charge in [0.25, 0.3) is 0 Å². The fraction of sp³-hybridized carbons (Fsp3) is 0.375. The van der Waals surface area contributed by atoms with Crippen LogP contribution in [0, 0.1) is 5.92 Å². The van der Waals surface area contributed by atoms with Crippen molar-refractivity contribution in [3.63, 3.8) is 0 Å². The van der Waals surface area contributed by atoms with Crippen molar-refractivity contribution >= 4 is 22.6 Å². The Morgan fingerprint density at radius 1 is 1.30 bits per heavy atom. The minimum atomic E-state index is -0.956. The molecule has 1 aromatic carbocycles. The Labute approximate surface area is 118 Å². The van der Waals surface area contributed by atoms with Gasteiger partial charge in [-0.15, -0.1) is 0 Å². The van der Waals surface area contributed by atoms with Crippen molar-refractivity contribution in [2.24, 2.45) is 5.92 Å². The molecule has 0 bridgehead atoms. The second-order valence-electron chi connectivity index (χ2n) is 5.54. The Hall–Kier alpha value is -2.10. The van der Waals surface area contributed by atoms with E-state index in [2.05, 4.69) is 31.1 Å². The minimum absolute atomic E-state index is 0.207. The van der Waals surface area contributed by atoms with Gasteiger partial charge in [0.1, 0.15) is 5.56 Å². The third-order valence-corrected chi connectivity index (χ3v) is 3.22. The molecule has 1 aromatic heterocycles. The summed E-state index contributed by atoms with van der Waals surface area (Å²) in [6.07, 6.45) is 2.41. The second kappa shape index (κ2) is 5.90. The molecule has 0 radical (unpaired) electrons. The summed E-state index contributed by atoms with van der Waals surface area (Å²) in [5.41, 5.74) is 1.69.